The molecule has 0 unspecified atom stereocenters. The zero-order chi connectivity index (χ0) is 17.5. The van der Waals surface area contributed by atoms with E-state index < -0.39 is 4.92 Å². The highest BCUT2D eigenvalue weighted by Crippen LogP contribution is 2.22. The first-order chi connectivity index (χ1) is 11.5. The van der Waals surface area contributed by atoms with E-state index in [2.05, 4.69) is 0 Å². The second-order valence-electron chi connectivity index (χ2n) is 4.90. The number of nitro benzene ring substituents is 1. The van der Waals surface area contributed by atoms with Gasteiger partial charge in [0.1, 0.15) is 5.75 Å². The largest absolute Gasteiger partial charge is 0.427 e. The van der Waals surface area contributed by atoms with Gasteiger partial charge < -0.3 is 4.74 Å². The number of ketones is 1. The van der Waals surface area contributed by atoms with Crippen LogP contribution in [0.15, 0.2) is 53.4 Å². The molecule has 0 bridgehead atoms. The smallest absolute Gasteiger partial charge is 0.312 e. The molecule has 0 saturated heterocycles. The Bertz CT molecular complexity index is 741. The number of carbonyl (C=O) groups excluding carboxylic acids is 2. The van der Waals surface area contributed by atoms with Crippen LogP contribution in [0.1, 0.15) is 23.7 Å². The van der Waals surface area contributed by atoms with Crippen LogP contribution in [0.4, 0.5) is 5.69 Å². The van der Waals surface area contributed by atoms with Crippen LogP contribution in [-0.2, 0) is 4.79 Å². The summed E-state index contributed by atoms with van der Waals surface area (Å²) >= 11 is 1.42. The van der Waals surface area contributed by atoms with Gasteiger partial charge in [-0.2, -0.15) is 0 Å². The molecule has 0 aliphatic heterocycles. The van der Waals surface area contributed by atoms with Gasteiger partial charge in [-0.25, -0.2) is 0 Å². The Morgan fingerprint density at radius 2 is 1.71 bits per heavy atom. The number of nitro groups is 1. The lowest BCUT2D eigenvalue weighted by atomic mass is 10.1. The summed E-state index contributed by atoms with van der Waals surface area (Å²) in [6.07, 6.45) is 0.204. The molecule has 6 nitrogen and oxygen atoms in total. The fourth-order valence-corrected chi connectivity index (χ4v) is 2.69. The zero-order valence-corrected chi connectivity index (χ0v) is 13.7. The molecule has 0 aromatic heterocycles. The molecule has 124 valence electrons. The maximum absolute atomic E-state index is 11.8. The van der Waals surface area contributed by atoms with Crippen LogP contribution in [0.3, 0.4) is 0 Å². The van der Waals surface area contributed by atoms with Crippen LogP contribution in [0, 0.1) is 10.1 Å². The van der Waals surface area contributed by atoms with Gasteiger partial charge in [-0.15, -0.1) is 11.8 Å². The minimum Gasteiger partial charge on any atom is -0.427 e. The maximum Gasteiger partial charge on any atom is 0.312 e. The Morgan fingerprint density at radius 3 is 2.25 bits per heavy atom. The number of benzene rings is 2. The molecule has 0 heterocycles. The predicted octanol–water partition coefficient (Wildman–Crippen LogP) is 3.89. The molecule has 0 N–H and O–H groups in total. The fourth-order valence-electron chi connectivity index (χ4n) is 1.86. The van der Waals surface area contributed by atoms with E-state index in [0.717, 1.165) is 4.90 Å². The summed E-state index contributed by atoms with van der Waals surface area (Å²) in [6.45, 7) is 1.47. The minimum atomic E-state index is -0.455. The third kappa shape index (κ3) is 5.20. The maximum atomic E-state index is 11.8. The molecule has 0 radical (unpaired) electrons. The number of ether oxygens (including phenoxy) is 1. The SMILES string of the molecule is CC(=O)c1ccc(OC(=O)CCSc2ccc([N+](=O)[O-])cc2)cc1. The molecule has 0 saturated carbocycles. The molecule has 0 fully saturated rings. The van der Waals surface area contributed by atoms with Crippen LogP contribution in [0.2, 0.25) is 0 Å². The summed E-state index contributed by atoms with van der Waals surface area (Å²) in [4.78, 5) is 33.9. The summed E-state index contributed by atoms with van der Waals surface area (Å²) in [7, 11) is 0. The van der Waals surface area contributed by atoms with Crippen molar-refractivity contribution in [3.8, 4) is 5.75 Å². The average molecular weight is 345 g/mol. The van der Waals surface area contributed by atoms with E-state index in [9.17, 15) is 19.7 Å². The first-order valence-electron chi connectivity index (χ1n) is 7.14. The molecule has 0 atom stereocenters. The Balaban J connectivity index is 1.78. The normalized spacial score (nSPS) is 10.2. The Hall–Kier alpha value is -2.67. The van der Waals surface area contributed by atoms with E-state index in [1.54, 1.807) is 36.4 Å². The van der Waals surface area contributed by atoms with E-state index in [0.29, 0.717) is 17.1 Å². The molecule has 24 heavy (non-hydrogen) atoms. The first-order valence-corrected chi connectivity index (χ1v) is 8.13. The van der Waals surface area contributed by atoms with Gasteiger partial charge >= 0.3 is 5.97 Å². The number of hydrogen-bond donors (Lipinski definition) is 0. The highest BCUT2D eigenvalue weighted by Gasteiger charge is 2.08. The average Bonchev–Trinajstić information content (AvgIpc) is 2.55. The van der Waals surface area contributed by atoms with Crippen LogP contribution in [0.25, 0.3) is 0 Å². The number of rotatable bonds is 7. The van der Waals surface area contributed by atoms with E-state index >= 15 is 0 Å². The summed E-state index contributed by atoms with van der Waals surface area (Å²) < 4.78 is 5.18. The Morgan fingerprint density at radius 1 is 1.08 bits per heavy atom. The van der Waals surface area contributed by atoms with Gasteiger partial charge in [-0.3, -0.25) is 19.7 Å². The number of carbonyl (C=O) groups is 2. The lowest BCUT2D eigenvalue weighted by Gasteiger charge is -2.05. The minimum absolute atomic E-state index is 0.0350. The second kappa shape index (κ2) is 8.26. The van der Waals surface area contributed by atoms with Crippen molar-refractivity contribution in [2.75, 3.05) is 5.75 Å². The number of non-ortho nitro benzene ring substituents is 1. The van der Waals surface area contributed by atoms with Crippen LogP contribution in [0.5, 0.6) is 5.75 Å². The van der Waals surface area contributed by atoms with Crippen molar-refractivity contribution in [1.29, 1.82) is 0 Å². The third-order valence-electron chi connectivity index (χ3n) is 3.11. The first kappa shape index (κ1) is 17.7. The number of Topliss-reactive ketones (excluding diaryl/α,β-unsaturated/α-hetero) is 1. The standard InChI is InChI=1S/C17H15NO5S/c1-12(19)13-2-6-15(7-3-13)23-17(20)10-11-24-16-8-4-14(5-9-16)18(21)22/h2-9H,10-11H2,1H3. The summed E-state index contributed by atoms with van der Waals surface area (Å²) in [5.74, 6) is 0.472. The highest BCUT2D eigenvalue weighted by atomic mass is 32.2. The van der Waals surface area contributed by atoms with E-state index in [1.807, 2.05) is 0 Å². The molecule has 2 aromatic carbocycles. The van der Waals surface area contributed by atoms with Crippen molar-refractivity contribution in [2.45, 2.75) is 18.2 Å². The molecular weight excluding hydrogens is 330 g/mol. The van der Waals surface area contributed by atoms with Gasteiger partial charge in [0.15, 0.2) is 5.78 Å². The van der Waals surface area contributed by atoms with Crippen molar-refractivity contribution in [3.05, 3.63) is 64.2 Å². The Labute approximate surface area is 143 Å². The van der Waals surface area contributed by atoms with Crippen molar-refractivity contribution in [3.63, 3.8) is 0 Å². The zero-order valence-electron chi connectivity index (χ0n) is 12.9. The van der Waals surface area contributed by atoms with Crippen LogP contribution < -0.4 is 4.74 Å². The molecule has 0 aliphatic rings. The highest BCUT2D eigenvalue weighted by molar-refractivity contribution is 7.99. The summed E-state index contributed by atoms with van der Waals surface area (Å²) in [6, 6.07) is 12.5. The summed E-state index contributed by atoms with van der Waals surface area (Å²) in [5, 5.41) is 10.6. The molecule has 0 spiro atoms. The molecule has 2 rings (SSSR count). The topological polar surface area (TPSA) is 86.5 Å². The van der Waals surface area contributed by atoms with Gasteiger partial charge in [0, 0.05) is 28.3 Å². The monoisotopic (exact) mass is 345 g/mol. The van der Waals surface area contributed by atoms with Crippen molar-refractivity contribution in [1.82, 2.24) is 0 Å². The predicted molar refractivity (Wildman–Crippen MR) is 90.5 cm³/mol. The van der Waals surface area contributed by atoms with Crippen LogP contribution in [-0.4, -0.2) is 22.4 Å². The van der Waals surface area contributed by atoms with Gasteiger partial charge in [-0.1, -0.05) is 0 Å². The lowest BCUT2D eigenvalue weighted by molar-refractivity contribution is -0.384. The third-order valence-corrected chi connectivity index (χ3v) is 4.13. The quantitative estimate of drug-likeness (QED) is 0.189. The van der Waals surface area contributed by atoms with E-state index in [-0.39, 0.29) is 23.9 Å². The second-order valence-corrected chi connectivity index (χ2v) is 6.07. The number of nitrogens with zero attached hydrogens (tertiary/aromatic N) is 1. The number of thioether (sulfide) groups is 1. The van der Waals surface area contributed by atoms with Gasteiger partial charge in [0.25, 0.3) is 5.69 Å². The summed E-state index contributed by atoms with van der Waals surface area (Å²) in [5.41, 5.74) is 0.594. The van der Waals surface area contributed by atoms with Gasteiger partial charge in [0.05, 0.1) is 11.3 Å². The van der Waals surface area contributed by atoms with Gasteiger partial charge in [-0.05, 0) is 43.3 Å². The molecule has 2 aromatic rings. The molecule has 0 amide bonds. The van der Waals surface area contributed by atoms with Crippen molar-refractivity contribution >= 4 is 29.2 Å². The van der Waals surface area contributed by atoms with Crippen molar-refractivity contribution < 1.29 is 19.2 Å². The lowest BCUT2D eigenvalue weighted by Crippen LogP contribution is -2.08. The number of esters is 1. The molecule has 7 heteroatoms. The number of hydrogen-bond acceptors (Lipinski definition) is 6. The van der Waals surface area contributed by atoms with E-state index in [4.69, 9.17) is 4.74 Å². The van der Waals surface area contributed by atoms with Crippen LogP contribution >= 0.6 is 11.8 Å². The Kier molecular flexibility index (Phi) is 6.08. The van der Waals surface area contributed by atoms with Crippen molar-refractivity contribution in [2.24, 2.45) is 0 Å². The molecular formula is C17H15NO5S. The van der Waals surface area contributed by atoms with E-state index in [1.165, 1.54) is 30.8 Å². The van der Waals surface area contributed by atoms with Gasteiger partial charge in [0.2, 0.25) is 0 Å². The fraction of sp³-hybridized carbons (Fsp3) is 0.176. The molecule has 0 aliphatic carbocycles.